The smallest absolute Gasteiger partial charge is 0.264 e. The molecular formula is C17H21Br2N3O3S. The number of carbonyl (C=O) groups is 2. The summed E-state index contributed by atoms with van der Waals surface area (Å²) in [5.74, 6) is 0.0965. The molecule has 9 heteroatoms. The molecule has 0 heterocycles. The van der Waals surface area contributed by atoms with E-state index in [0.29, 0.717) is 5.75 Å². The summed E-state index contributed by atoms with van der Waals surface area (Å²) in [7, 11) is 0. The maximum Gasteiger partial charge on any atom is 0.264 e. The van der Waals surface area contributed by atoms with Crippen LogP contribution in [0.5, 0.6) is 5.75 Å². The molecule has 6 nitrogen and oxygen atoms in total. The van der Waals surface area contributed by atoms with Crippen LogP contribution in [0.1, 0.15) is 37.7 Å². The zero-order valence-corrected chi connectivity index (χ0v) is 18.4. The van der Waals surface area contributed by atoms with Gasteiger partial charge in [0, 0.05) is 10.4 Å². The fourth-order valence-electron chi connectivity index (χ4n) is 2.79. The Labute approximate surface area is 175 Å². The Morgan fingerprint density at radius 3 is 2.54 bits per heavy atom. The molecule has 1 aromatic carbocycles. The summed E-state index contributed by atoms with van der Waals surface area (Å²) in [5.41, 5.74) is 6.01. The summed E-state index contributed by atoms with van der Waals surface area (Å²) < 4.78 is 7.21. The molecule has 0 aliphatic heterocycles. The van der Waals surface area contributed by atoms with E-state index in [1.165, 1.54) is 6.42 Å². The summed E-state index contributed by atoms with van der Waals surface area (Å²) in [6.07, 6.45) is 5.10. The van der Waals surface area contributed by atoms with Gasteiger partial charge in [0.05, 0.1) is 4.47 Å². The molecule has 1 aliphatic carbocycles. The van der Waals surface area contributed by atoms with E-state index in [4.69, 9.17) is 17.0 Å². The van der Waals surface area contributed by atoms with Crippen LogP contribution in [0.3, 0.4) is 0 Å². The average Bonchev–Trinajstić information content (AvgIpc) is 2.59. The molecule has 0 aromatic heterocycles. The van der Waals surface area contributed by atoms with Crippen LogP contribution in [-0.4, -0.2) is 23.5 Å². The molecule has 1 saturated carbocycles. The van der Waals surface area contributed by atoms with Crippen molar-refractivity contribution in [1.29, 1.82) is 0 Å². The molecule has 0 radical (unpaired) electrons. The first-order valence-corrected chi connectivity index (χ1v) is 10.3. The van der Waals surface area contributed by atoms with Crippen molar-refractivity contribution in [3.63, 3.8) is 0 Å². The quantitative estimate of drug-likeness (QED) is 0.430. The first-order chi connectivity index (χ1) is 12.4. The van der Waals surface area contributed by atoms with Gasteiger partial charge in [-0.3, -0.25) is 25.8 Å². The van der Waals surface area contributed by atoms with Crippen molar-refractivity contribution in [2.45, 2.75) is 39.0 Å². The summed E-state index contributed by atoms with van der Waals surface area (Å²) in [4.78, 5) is 24.0. The Kier molecular flexibility index (Phi) is 8.30. The van der Waals surface area contributed by atoms with Crippen molar-refractivity contribution in [2.24, 2.45) is 5.92 Å². The van der Waals surface area contributed by atoms with Gasteiger partial charge in [-0.05, 0) is 65.6 Å². The molecule has 142 valence electrons. The molecule has 3 N–H and O–H groups in total. The van der Waals surface area contributed by atoms with E-state index < -0.39 is 5.91 Å². The van der Waals surface area contributed by atoms with Crippen LogP contribution < -0.4 is 20.9 Å². The fraction of sp³-hybridized carbons (Fsp3) is 0.471. The van der Waals surface area contributed by atoms with E-state index in [2.05, 4.69) is 48.0 Å². The molecule has 0 spiro atoms. The largest absolute Gasteiger partial charge is 0.482 e. The lowest BCUT2D eigenvalue weighted by Gasteiger charge is -2.21. The Morgan fingerprint density at radius 1 is 1.19 bits per heavy atom. The number of hydrazine groups is 1. The van der Waals surface area contributed by atoms with Crippen molar-refractivity contribution in [3.8, 4) is 5.75 Å². The van der Waals surface area contributed by atoms with Gasteiger partial charge in [-0.1, -0.05) is 35.2 Å². The second-order valence-corrected chi connectivity index (χ2v) is 8.33. The predicted molar refractivity (Wildman–Crippen MR) is 111 cm³/mol. The highest BCUT2D eigenvalue weighted by Gasteiger charge is 2.21. The van der Waals surface area contributed by atoms with Gasteiger partial charge in [-0.25, -0.2) is 0 Å². The Hall–Kier alpha value is -1.19. The second kappa shape index (κ2) is 10.2. The minimum absolute atomic E-state index is 0.0100. The van der Waals surface area contributed by atoms with Crippen LogP contribution >= 0.6 is 44.1 Å². The van der Waals surface area contributed by atoms with E-state index in [1.54, 1.807) is 0 Å². The number of halogens is 2. The van der Waals surface area contributed by atoms with Gasteiger partial charge in [-0.2, -0.15) is 0 Å². The van der Waals surface area contributed by atoms with Crippen molar-refractivity contribution < 1.29 is 14.3 Å². The summed E-state index contributed by atoms with van der Waals surface area (Å²) in [6.45, 7) is 1.69. The van der Waals surface area contributed by atoms with E-state index in [0.717, 1.165) is 40.2 Å². The molecule has 2 rings (SSSR count). The van der Waals surface area contributed by atoms with Gasteiger partial charge in [0.2, 0.25) is 5.91 Å². The summed E-state index contributed by atoms with van der Waals surface area (Å²) >= 11 is 11.8. The van der Waals surface area contributed by atoms with Crippen molar-refractivity contribution in [3.05, 3.63) is 26.6 Å². The highest BCUT2D eigenvalue weighted by atomic mass is 79.9. The van der Waals surface area contributed by atoms with Crippen LogP contribution in [0.25, 0.3) is 0 Å². The molecule has 1 aliphatic rings. The third kappa shape index (κ3) is 6.51. The minimum Gasteiger partial charge on any atom is -0.482 e. The Bertz CT molecular complexity index is 671. The van der Waals surface area contributed by atoms with Crippen LogP contribution in [-0.2, 0) is 9.59 Å². The molecule has 2 amide bonds. The van der Waals surface area contributed by atoms with Crippen molar-refractivity contribution in [1.82, 2.24) is 16.2 Å². The van der Waals surface area contributed by atoms with Gasteiger partial charge in [0.1, 0.15) is 5.75 Å². The number of carbonyl (C=O) groups excluding carboxylic acids is 2. The number of hydrogen-bond donors (Lipinski definition) is 3. The Morgan fingerprint density at radius 2 is 1.88 bits per heavy atom. The zero-order valence-electron chi connectivity index (χ0n) is 14.4. The van der Waals surface area contributed by atoms with Crippen LogP contribution in [0.2, 0.25) is 0 Å². The molecule has 1 fully saturated rings. The van der Waals surface area contributed by atoms with Gasteiger partial charge in [-0.15, -0.1) is 0 Å². The molecule has 0 bridgehead atoms. The topological polar surface area (TPSA) is 79.5 Å². The minimum atomic E-state index is -0.413. The zero-order chi connectivity index (χ0) is 19.1. The monoisotopic (exact) mass is 505 g/mol. The van der Waals surface area contributed by atoms with Gasteiger partial charge < -0.3 is 4.74 Å². The highest BCUT2D eigenvalue weighted by Crippen LogP contribution is 2.32. The highest BCUT2D eigenvalue weighted by molar-refractivity contribution is 9.11. The number of benzene rings is 1. The molecule has 26 heavy (non-hydrogen) atoms. The summed E-state index contributed by atoms with van der Waals surface area (Å²) in [5, 5.41) is 2.51. The number of thiocarbonyl (C=S) groups is 1. The summed E-state index contributed by atoms with van der Waals surface area (Å²) in [6, 6.07) is 3.73. The van der Waals surface area contributed by atoms with E-state index in [9.17, 15) is 9.59 Å². The number of aryl methyl sites for hydroxylation is 1. The van der Waals surface area contributed by atoms with Gasteiger partial charge >= 0.3 is 0 Å². The van der Waals surface area contributed by atoms with Crippen LogP contribution in [0.4, 0.5) is 0 Å². The van der Waals surface area contributed by atoms with E-state index in [1.807, 2.05) is 19.1 Å². The number of ether oxygens (including phenoxy) is 1. The second-order valence-electron chi connectivity index (χ2n) is 6.15. The maximum atomic E-state index is 12.0. The lowest BCUT2D eigenvalue weighted by Crippen LogP contribution is -2.51. The van der Waals surface area contributed by atoms with Crippen LogP contribution in [0.15, 0.2) is 21.1 Å². The third-order valence-corrected chi connectivity index (χ3v) is 5.32. The molecule has 1 aromatic rings. The molecule has 0 atom stereocenters. The number of hydrogen-bond acceptors (Lipinski definition) is 4. The Balaban J connectivity index is 1.73. The molecule has 0 saturated heterocycles. The SMILES string of the molecule is Cc1cc(Br)cc(Br)c1OCC(=O)NC(=S)NNC(=O)C1CCCCC1. The number of rotatable bonds is 4. The first-order valence-electron chi connectivity index (χ1n) is 8.35. The maximum absolute atomic E-state index is 12.0. The molecular weight excluding hydrogens is 486 g/mol. The lowest BCUT2D eigenvalue weighted by molar-refractivity contribution is -0.126. The van der Waals surface area contributed by atoms with E-state index in [-0.39, 0.29) is 23.5 Å². The number of nitrogens with one attached hydrogen (secondary N) is 3. The average molecular weight is 507 g/mol. The van der Waals surface area contributed by atoms with Crippen molar-refractivity contribution in [2.75, 3.05) is 6.61 Å². The van der Waals surface area contributed by atoms with Crippen LogP contribution in [0, 0.1) is 12.8 Å². The number of amides is 2. The van der Waals surface area contributed by atoms with Gasteiger partial charge in [0.15, 0.2) is 11.7 Å². The molecule has 0 unspecified atom stereocenters. The van der Waals surface area contributed by atoms with E-state index >= 15 is 0 Å². The predicted octanol–water partition coefficient (Wildman–Crippen LogP) is 3.50. The normalized spacial score (nSPS) is 14.4. The van der Waals surface area contributed by atoms with Crippen molar-refractivity contribution >= 4 is 61.0 Å². The first kappa shape index (κ1) is 21.1. The van der Waals surface area contributed by atoms with Gasteiger partial charge in [0.25, 0.3) is 5.91 Å². The fourth-order valence-corrected chi connectivity index (χ4v) is 4.51. The third-order valence-electron chi connectivity index (χ3n) is 4.07. The standard InChI is InChI=1S/C17H21Br2N3O3S/c1-10-7-12(18)8-13(19)15(10)25-9-14(23)20-17(26)22-21-16(24)11-5-3-2-4-6-11/h7-8,11H,2-6,9H2,1H3,(H,21,24)(H2,20,22,23,26). The lowest BCUT2D eigenvalue weighted by atomic mass is 9.89.